The molecule has 0 aliphatic rings. The van der Waals surface area contributed by atoms with Crippen LogP contribution in [0.3, 0.4) is 0 Å². The van der Waals surface area contributed by atoms with Gasteiger partial charge in [-0.1, -0.05) is 13.8 Å². The van der Waals surface area contributed by atoms with E-state index in [0.717, 1.165) is 10.7 Å². The van der Waals surface area contributed by atoms with Gasteiger partial charge in [0.2, 0.25) is 0 Å². The molecule has 0 aliphatic heterocycles. The second-order valence-electron chi connectivity index (χ2n) is 5.19. The fourth-order valence-electron chi connectivity index (χ4n) is 1.72. The average molecular weight is 285 g/mol. The van der Waals surface area contributed by atoms with Gasteiger partial charge >= 0.3 is 6.03 Å². The van der Waals surface area contributed by atoms with Crippen molar-refractivity contribution in [3.05, 3.63) is 16.1 Å². The summed E-state index contributed by atoms with van der Waals surface area (Å²) >= 11 is 1.53. The lowest BCUT2D eigenvalue weighted by molar-refractivity contribution is 0.146. The third-order valence-corrected chi connectivity index (χ3v) is 3.74. The van der Waals surface area contributed by atoms with Gasteiger partial charge in [0.05, 0.1) is 12.1 Å². The molecule has 2 amide bonds. The first-order valence-electron chi connectivity index (χ1n) is 6.53. The molecule has 6 heteroatoms. The quantitative estimate of drug-likeness (QED) is 0.750. The van der Waals surface area contributed by atoms with Crippen molar-refractivity contribution in [2.24, 2.45) is 5.92 Å². The Bertz CT molecular complexity index is 406. The molecule has 3 N–H and O–H groups in total. The van der Waals surface area contributed by atoms with Gasteiger partial charge in [-0.25, -0.2) is 9.78 Å². The number of nitrogens with zero attached hydrogens (tertiary/aromatic N) is 1. The molecule has 0 aliphatic carbocycles. The molecule has 1 rings (SSSR count). The van der Waals surface area contributed by atoms with E-state index in [2.05, 4.69) is 15.6 Å². The lowest BCUT2D eigenvalue weighted by Crippen LogP contribution is -2.41. The van der Waals surface area contributed by atoms with Gasteiger partial charge in [-0.15, -0.1) is 11.3 Å². The van der Waals surface area contributed by atoms with Gasteiger partial charge in [-0.05, 0) is 26.2 Å². The normalized spacial score (nSPS) is 14.2. The van der Waals surface area contributed by atoms with Gasteiger partial charge in [0, 0.05) is 17.6 Å². The van der Waals surface area contributed by atoms with Crippen molar-refractivity contribution in [2.45, 2.75) is 46.3 Å². The lowest BCUT2D eigenvalue weighted by atomic mass is 10.1. The monoisotopic (exact) mass is 285 g/mol. The maximum Gasteiger partial charge on any atom is 0.315 e. The van der Waals surface area contributed by atoms with E-state index in [-0.39, 0.29) is 18.6 Å². The number of hydrogen-bond acceptors (Lipinski definition) is 4. The minimum atomic E-state index is -0.497. The van der Waals surface area contributed by atoms with Gasteiger partial charge < -0.3 is 15.7 Å². The molecular formula is C13H23N3O2S. The van der Waals surface area contributed by atoms with Crippen molar-refractivity contribution < 1.29 is 9.90 Å². The topological polar surface area (TPSA) is 74.2 Å². The van der Waals surface area contributed by atoms with E-state index in [4.69, 9.17) is 0 Å². The largest absolute Gasteiger partial charge is 0.391 e. The molecule has 1 aromatic heterocycles. The molecule has 108 valence electrons. The standard InChI is InChI=1S/C13H23N3O2S/c1-8(2)5-11(17)6-14-13(18)16-10(4)12-15-9(3)7-19-12/h7-8,10-11,17H,5-6H2,1-4H3,(H2,14,16,18). The highest BCUT2D eigenvalue weighted by molar-refractivity contribution is 7.09. The van der Waals surface area contributed by atoms with Crippen LogP contribution in [0.4, 0.5) is 4.79 Å². The van der Waals surface area contributed by atoms with Crippen LogP contribution in [0.1, 0.15) is 43.9 Å². The van der Waals surface area contributed by atoms with E-state index >= 15 is 0 Å². The highest BCUT2D eigenvalue weighted by Crippen LogP contribution is 2.17. The minimum Gasteiger partial charge on any atom is -0.391 e. The van der Waals surface area contributed by atoms with Crippen molar-refractivity contribution in [3.63, 3.8) is 0 Å². The smallest absolute Gasteiger partial charge is 0.315 e. The van der Waals surface area contributed by atoms with Gasteiger partial charge in [-0.3, -0.25) is 0 Å². The fraction of sp³-hybridized carbons (Fsp3) is 0.692. The van der Waals surface area contributed by atoms with Crippen LogP contribution in [0.25, 0.3) is 0 Å². The number of hydrogen-bond donors (Lipinski definition) is 3. The molecule has 5 nitrogen and oxygen atoms in total. The predicted octanol–water partition coefficient (Wildman–Crippen LogP) is 2.22. The van der Waals surface area contributed by atoms with E-state index in [9.17, 15) is 9.90 Å². The Balaban J connectivity index is 2.31. The highest BCUT2D eigenvalue weighted by Gasteiger charge is 2.13. The van der Waals surface area contributed by atoms with Crippen LogP contribution in [0.15, 0.2) is 5.38 Å². The van der Waals surface area contributed by atoms with Crippen LogP contribution in [0.2, 0.25) is 0 Å². The van der Waals surface area contributed by atoms with Crippen LogP contribution in [-0.2, 0) is 0 Å². The Morgan fingerprint density at radius 2 is 2.16 bits per heavy atom. The third kappa shape index (κ3) is 6.02. The molecule has 19 heavy (non-hydrogen) atoms. The zero-order valence-electron chi connectivity index (χ0n) is 11.9. The van der Waals surface area contributed by atoms with E-state index in [1.807, 2.05) is 33.1 Å². The number of urea groups is 1. The van der Waals surface area contributed by atoms with Crippen LogP contribution in [0, 0.1) is 12.8 Å². The van der Waals surface area contributed by atoms with Crippen LogP contribution in [-0.4, -0.2) is 28.8 Å². The van der Waals surface area contributed by atoms with E-state index in [0.29, 0.717) is 12.3 Å². The van der Waals surface area contributed by atoms with E-state index in [1.165, 1.54) is 11.3 Å². The SMILES string of the molecule is Cc1csc(C(C)NC(=O)NCC(O)CC(C)C)n1. The number of aliphatic hydroxyl groups excluding tert-OH is 1. The molecule has 0 radical (unpaired) electrons. The summed E-state index contributed by atoms with van der Waals surface area (Å²) in [5, 5.41) is 18.0. The number of aromatic nitrogens is 1. The first kappa shape index (κ1) is 15.9. The molecule has 1 aromatic rings. The number of amides is 2. The van der Waals surface area contributed by atoms with Crippen LogP contribution >= 0.6 is 11.3 Å². The van der Waals surface area contributed by atoms with Gasteiger partial charge in [0.1, 0.15) is 5.01 Å². The van der Waals surface area contributed by atoms with E-state index < -0.39 is 6.10 Å². The van der Waals surface area contributed by atoms with Crippen molar-refractivity contribution in [2.75, 3.05) is 6.54 Å². The van der Waals surface area contributed by atoms with Crippen molar-refractivity contribution in [1.82, 2.24) is 15.6 Å². The highest BCUT2D eigenvalue weighted by atomic mass is 32.1. The summed E-state index contributed by atoms with van der Waals surface area (Å²) in [4.78, 5) is 16.0. The second-order valence-corrected chi connectivity index (χ2v) is 6.08. The van der Waals surface area contributed by atoms with Gasteiger partial charge in [0.25, 0.3) is 0 Å². The number of carbonyl (C=O) groups is 1. The molecule has 0 spiro atoms. The molecule has 2 atom stereocenters. The molecule has 1 heterocycles. The summed E-state index contributed by atoms with van der Waals surface area (Å²) in [6.07, 6.45) is 0.185. The zero-order valence-corrected chi connectivity index (χ0v) is 12.8. The summed E-state index contributed by atoms with van der Waals surface area (Å²) in [6.45, 7) is 8.16. The predicted molar refractivity (Wildman–Crippen MR) is 77.3 cm³/mol. The summed E-state index contributed by atoms with van der Waals surface area (Å²) in [5.74, 6) is 0.414. The van der Waals surface area contributed by atoms with Crippen molar-refractivity contribution in [1.29, 1.82) is 0 Å². The lowest BCUT2D eigenvalue weighted by Gasteiger charge is -2.16. The Labute approximate surface area is 118 Å². The third-order valence-electron chi connectivity index (χ3n) is 2.60. The fourth-order valence-corrected chi connectivity index (χ4v) is 2.52. The summed E-state index contributed by atoms with van der Waals surface area (Å²) in [5.41, 5.74) is 0.960. The molecule has 0 bridgehead atoms. The molecule has 0 aromatic carbocycles. The van der Waals surface area contributed by atoms with Crippen molar-refractivity contribution >= 4 is 17.4 Å². The summed E-state index contributed by atoms with van der Waals surface area (Å²) < 4.78 is 0. The Hall–Kier alpha value is -1.14. The Morgan fingerprint density at radius 1 is 1.47 bits per heavy atom. The molecular weight excluding hydrogens is 262 g/mol. The first-order valence-corrected chi connectivity index (χ1v) is 7.41. The zero-order chi connectivity index (χ0) is 14.4. The van der Waals surface area contributed by atoms with Crippen LogP contribution < -0.4 is 10.6 Å². The van der Waals surface area contributed by atoms with Crippen LogP contribution in [0.5, 0.6) is 0 Å². The Morgan fingerprint density at radius 3 is 2.68 bits per heavy atom. The summed E-state index contributed by atoms with van der Waals surface area (Å²) in [6, 6.07) is -0.399. The second kappa shape index (κ2) is 7.45. The molecule has 0 saturated carbocycles. The number of aryl methyl sites for hydroxylation is 1. The maximum absolute atomic E-state index is 11.7. The van der Waals surface area contributed by atoms with Gasteiger partial charge in [0.15, 0.2) is 0 Å². The summed E-state index contributed by atoms with van der Waals surface area (Å²) in [7, 11) is 0. The Kier molecular flexibility index (Phi) is 6.24. The molecule has 2 unspecified atom stereocenters. The van der Waals surface area contributed by atoms with Gasteiger partial charge in [-0.2, -0.15) is 0 Å². The minimum absolute atomic E-state index is 0.124. The average Bonchev–Trinajstić information content (AvgIpc) is 2.72. The van der Waals surface area contributed by atoms with Crippen molar-refractivity contribution in [3.8, 4) is 0 Å². The maximum atomic E-state index is 11.7. The number of nitrogens with one attached hydrogen (secondary N) is 2. The first-order chi connectivity index (χ1) is 8.88. The molecule has 0 saturated heterocycles. The number of aliphatic hydroxyl groups is 1. The number of thiazole rings is 1. The number of rotatable bonds is 6. The molecule has 0 fully saturated rings. The van der Waals surface area contributed by atoms with E-state index in [1.54, 1.807) is 0 Å². The number of carbonyl (C=O) groups excluding carboxylic acids is 1.